The van der Waals surface area contributed by atoms with E-state index in [1.165, 1.54) is 36.9 Å². The van der Waals surface area contributed by atoms with Gasteiger partial charge in [0, 0.05) is 24.8 Å². The van der Waals surface area contributed by atoms with Gasteiger partial charge in [0.2, 0.25) is 0 Å². The molecular weight excluding hydrogens is 232 g/mol. The number of nitrogens with zero attached hydrogens (tertiary/aromatic N) is 1. The average molecular weight is 260 g/mol. The van der Waals surface area contributed by atoms with Crippen LogP contribution in [-0.4, -0.2) is 13.1 Å². The Kier molecular flexibility index (Phi) is 4.87. The molecule has 0 radical (unpaired) electrons. The van der Waals surface area contributed by atoms with Gasteiger partial charge in [-0.3, -0.25) is 0 Å². The van der Waals surface area contributed by atoms with Gasteiger partial charge in [-0.25, -0.2) is 0 Å². The van der Waals surface area contributed by atoms with Gasteiger partial charge < -0.3 is 10.6 Å². The molecule has 0 spiro atoms. The molecular formula is C17H28N2. The van der Waals surface area contributed by atoms with E-state index in [1.54, 1.807) is 0 Å². The van der Waals surface area contributed by atoms with E-state index in [9.17, 15) is 0 Å². The third kappa shape index (κ3) is 3.11. The van der Waals surface area contributed by atoms with Gasteiger partial charge in [0.25, 0.3) is 0 Å². The molecule has 1 saturated carbocycles. The maximum absolute atomic E-state index is 6.27. The van der Waals surface area contributed by atoms with Crippen LogP contribution < -0.4 is 10.6 Å². The molecule has 0 amide bonds. The van der Waals surface area contributed by atoms with E-state index in [0.717, 1.165) is 12.3 Å². The van der Waals surface area contributed by atoms with Crippen molar-refractivity contribution in [3.63, 3.8) is 0 Å². The van der Waals surface area contributed by atoms with Gasteiger partial charge in [-0.2, -0.15) is 0 Å². The summed E-state index contributed by atoms with van der Waals surface area (Å²) >= 11 is 0. The lowest BCUT2D eigenvalue weighted by Crippen LogP contribution is -2.39. The lowest BCUT2D eigenvalue weighted by Gasteiger charge is -2.39. The highest BCUT2D eigenvalue weighted by atomic mass is 15.1. The minimum absolute atomic E-state index is 0.151. The average Bonchev–Trinajstić information content (AvgIpc) is 2.46. The highest BCUT2D eigenvalue weighted by Gasteiger charge is 2.26. The molecule has 3 atom stereocenters. The minimum atomic E-state index is 0.151. The summed E-state index contributed by atoms with van der Waals surface area (Å²) in [5, 5.41) is 0. The predicted octanol–water partition coefficient (Wildman–Crippen LogP) is 4.11. The van der Waals surface area contributed by atoms with Crippen molar-refractivity contribution in [3.8, 4) is 0 Å². The maximum atomic E-state index is 6.27. The van der Waals surface area contributed by atoms with Crippen LogP contribution in [0.2, 0.25) is 0 Å². The Morgan fingerprint density at radius 2 is 1.95 bits per heavy atom. The van der Waals surface area contributed by atoms with Crippen molar-refractivity contribution in [3.05, 3.63) is 29.8 Å². The van der Waals surface area contributed by atoms with Crippen LogP contribution in [0.5, 0.6) is 0 Å². The Balaban J connectivity index is 2.25. The number of hydrogen-bond donors (Lipinski definition) is 1. The van der Waals surface area contributed by atoms with Crippen LogP contribution in [0, 0.1) is 5.92 Å². The maximum Gasteiger partial charge on any atom is 0.0414 e. The van der Waals surface area contributed by atoms with Crippen molar-refractivity contribution in [1.29, 1.82) is 0 Å². The molecule has 1 fully saturated rings. The van der Waals surface area contributed by atoms with Gasteiger partial charge in [-0.1, -0.05) is 44.9 Å². The number of benzene rings is 1. The van der Waals surface area contributed by atoms with E-state index in [4.69, 9.17) is 5.73 Å². The molecule has 1 aromatic carbocycles. The van der Waals surface area contributed by atoms with E-state index in [1.807, 2.05) is 0 Å². The zero-order valence-corrected chi connectivity index (χ0v) is 12.6. The smallest absolute Gasteiger partial charge is 0.0414 e. The number of hydrogen-bond acceptors (Lipinski definition) is 2. The number of anilines is 1. The first-order valence-electron chi connectivity index (χ1n) is 7.72. The molecule has 1 aliphatic rings. The van der Waals surface area contributed by atoms with Gasteiger partial charge in [0.15, 0.2) is 0 Å². The number of para-hydroxylation sites is 1. The fourth-order valence-corrected chi connectivity index (χ4v) is 3.39. The molecule has 2 unspecified atom stereocenters. The normalized spacial score (nSPS) is 25.1. The van der Waals surface area contributed by atoms with E-state index >= 15 is 0 Å². The first-order chi connectivity index (χ1) is 9.15. The topological polar surface area (TPSA) is 29.3 Å². The molecule has 0 saturated heterocycles. The summed E-state index contributed by atoms with van der Waals surface area (Å²) in [6, 6.07) is 9.47. The van der Waals surface area contributed by atoms with Crippen molar-refractivity contribution in [2.24, 2.45) is 11.7 Å². The third-order valence-corrected chi connectivity index (χ3v) is 4.72. The zero-order chi connectivity index (χ0) is 13.8. The Morgan fingerprint density at radius 3 is 2.63 bits per heavy atom. The third-order valence-electron chi connectivity index (χ3n) is 4.72. The van der Waals surface area contributed by atoms with E-state index in [0.29, 0.717) is 6.04 Å². The molecule has 2 nitrogen and oxygen atoms in total. The summed E-state index contributed by atoms with van der Waals surface area (Å²) in [4.78, 5) is 2.48. The van der Waals surface area contributed by atoms with Crippen molar-refractivity contribution >= 4 is 5.69 Å². The first kappa shape index (κ1) is 14.4. The van der Waals surface area contributed by atoms with E-state index in [2.05, 4.69) is 50.1 Å². The van der Waals surface area contributed by atoms with Crippen LogP contribution in [-0.2, 0) is 0 Å². The fraction of sp³-hybridized carbons (Fsp3) is 0.647. The highest BCUT2D eigenvalue weighted by Crippen LogP contribution is 2.33. The first-order valence-corrected chi connectivity index (χ1v) is 7.72. The van der Waals surface area contributed by atoms with Crippen molar-refractivity contribution < 1.29 is 0 Å². The molecule has 0 aliphatic heterocycles. The van der Waals surface area contributed by atoms with Gasteiger partial charge in [-0.05, 0) is 36.8 Å². The molecule has 1 aliphatic carbocycles. The second kappa shape index (κ2) is 6.42. The molecule has 2 N–H and O–H groups in total. The van der Waals surface area contributed by atoms with E-state index in [-0.39, 0.29) is 6.04 Å². The lowest BCUT2D eigenvalue weighted by molar-refractivity contribution is 0.321. The molecule has 1 aromatic rings. The number of rotatable bonds is 4. The summed E-state index contributed by atoms with van der Waals surface area (Å²) in [6.07, 6.45) is 6.42. The predicted molar refractivity (Wildman–Crippen MR) is 83.5 cm³/mol. The molecule has 19 heavy (non-hydrogen) atoms. The van der Waals surface area contributed by atoms with E-state index < -0.39 is 0 Å². The summed E-state index contributed by atoms with van der Waals surface area (Å²) in [5.74, 6) is 0.782. The minimum Gasteiger partial charge on any atom is -0.371 e. The van der Waals surface area contributed by atoms with Crippen LogP contribution in [0.15, 0.2) is 24.3 Å². The van der Waals surface area contributed by atoms with Gasteiger partial charge in [0.05, 0.1) is 0 Å². The molecule has 0 bridgehead atoms. The molecule has 0 heterocycles. The van der Waals surface area contributed by atoms with Gasteiger partial charge in [0.1, 0.15) is 0 Å². The molecule has 0 aromatic heterocycles. The summed E-state index contributed by atoms with van der Waals surface area (Å²) in [5.41, 5.74) is 8.90. The van der Waals surface area contributed by atoms with Crippen LogP contribution >= 0.6 is 0 Å². The number of nitrogens with two attached hydrogens (primary N) is 1. The van der Waals surface area contributed by atoms with Crippen LogP contribution in [0.3, 0.4) is 0 Å². The molecule has 2 heteroatoms. The van der Waals surface area contributed by atoms with Crippen LogP contribution in [0.1, 0.15) is 57.6 Å². The fourth-order valence-electron chi connectivity index (χ4n) is 3.39. The van der Waals surface area contributed by atoms with Crippen molar-refractivity contribution in [2.75, 3.05) is 11.9 Å². The van der Waals surface area contributed by atoms with Crippen molar-refractivity contribution in [2.45, 2.75) is 58.0 Å². The largest absolute Gasteiger partial charge is 0.371 e. The monoisotopic (exact) mass is 260 g/mol. The second-order valence-electron chi connectivity index (χ2n) is 6.01. The van der Waals surface area contributed by atoms with Gasteiger partial charge in [-0.15, -0.1) is 0 Å². The lowest BCUT2D eigenvalue weighted by atomic mass is 9.84. The van der Waals surface area contributed by atoms with Gasteiger partial charge >= 0.3 is 0 Å². The standard InChI is InChI=1S/C17H28N2/c1-4-15(18)14-10-6-8-12-17(14)19(3)16-11-7-5-9-13(16)2/h6,8,10,12-13,15-16H,4-5,7,9,11,18H2,1-3H3/t13?,15-,16?/m1/s1. The second-order valence-corrected chi connectivity index (χ2v) is 6.01. The quantitative estimate of drug-likeness (QED) is 0.882. The zero-order valence-electron chi connectivity index (χ0n) is 12.6. The Hall–Kier alpha value is -1.02. The Labute approximate surface area is 118 Å². The Morgan fingerprint density at radius 1 is 1.26 bits per heavy atom. The van der Waals surface area contributed by atoms with Crippen LogP contribution in [0.4, 0.5) is 5.69 Å². The highest BCUT2D eigenvalue weighted by molar-refractivity contribution is 5.55. The Bertz CT molecular complexity index is 402. The molecule has 106 valence electrons. The van der Waals surface area contributed by atoms with Crippen LogP contribution in [0.25, 0.3) is 0 Å². The SMILES string of the molecule is CC[C@@H](N)c1ccccc1N(C)C1CCCCC1C. The van der Waals surface area contributed by atoms with Crippen molar-refractivity contribution in [1.82, 2.24) is 0 Å². The molecule has 2 rings (SSSR count). The summed E-state index contributed by atoms with van der Waals surface area (Å²) < 4.78 is 0. The summed E-state index contributed by atoms with van der Waals surface area (Å²) in [6.45, 7) is 4.55. The summed E-state index contributed by atoms with van der Waals surface area (Å²) in [7, 11) is 2.24.